The lowest BCUT2D eigenvalue weighted by Crippen LogP contribution is -2.35. The number of rotatable bonds is 58. The van der Waals surface area contributed by atoms with E-state index in [1.807, 2.05) is 0 Å². The molecule has 0 unspecified atom stereocenters. The Labute approximate surface area is 439 Å². The molecule has 2 N–H and O–H groups in total. The quantitative estimate of drug-likeness (QED) is 0.0349. The maximum absolute atomic E-state index is 13.0. The number of aliphatic carboxylic acids is 2. The lowest BCUT2D eigenvalue weighted by atomic mass is 10.0. The number of hydrogen-bond acceptors (Lipinski definition) is 7. The van der Waals surface area contributed by atoms with Crippen LogP contribution in [-0.2, 0) is 19.1 Å². The van der Waals surface area contributed by atoms with Crippen molar-refractivity contribution < 1.29 is 34.1 Å². The molecule has 0 aliphatic rings. The van der Waals surface area contributed by atoms with Crippen molar-refractivity contribution in [3.63, 3.8) is 0 Å². The number of likely N-dealkylation sites (N-methyl/N-ethyl adjacent to an activating group) is 1. The van der Waals surface area contributed by atoms with E-state index in [-0.39, 0.29) is 6.10 Å². The molecule has 9 nitrogen and oxygen atoms in total. The highest BCUT2D eigenvalue weighted by atomic mass is 16.7. The first-order valence-corrected chi connectivity index (χ1v) is 30.7. The molecule has 0 amide bonds. The molecule has 0 fully saturated rings. The van der Waals surface area contributed by atoms with E-state index in [2.05, 4.69) is 55.1 Å². The minimum atomic E-state index is -0.673. The molecule has 0 aliphatic heterocycles. The first-order valence-electron chi connectivity index (χ1n) is 30.7. The van der Waals surface area contributed by atoms with Gasteiger partial charge in [-0.2, -0.15) is 0 Å². The molecule has 9 heteroatoms. The molecule has 0 spiro atoms. The Balaban J connectivity index is 4.24. The van der Waals surface area contributed by atoms with Crippen LogP contribution < -0.4 is 0 Å². The lowest BCUT2D eigenvalue weighted by molar-refractivity contribution is -0.138. The molecule has 0 saturated heterocycles. The number of carbonyl (C=O) groups excluding carboxylic acids is 1. The van der Waals surface area contributed by atoms with Gasteiger partial charge in [0.25, 0.3) is 0 Å². The maximum atomic E-state index is 13.0. The third-order valence-corrected chi connectivity index (χ3v) is 14.2. The molecule has 0 aromatic carbocycles. The fourth-order valence-electron chi connectivity index (χ4n) is 9.54. The Bertz CT molecular complexity index is 1130. The zero-order chi connectivity index (χ0) is 51.8. The molecule has 0 atom stereocenters. The Hall–Kier alpha value is -2.39. The number of hydrogen-bond donors (Lipinski definition) is 2. The number of allylic oxidation sites excluding steroid dienone is 4. The summed E-state index contributed by atoms with van der Waals surface area (Å²) in [6, 6.07) is 0. The number of nitrogens with zero attached hydrogens (tertiary/aromatic N) is 2. The van der Waals surface area contributed by atoms with E-state index in [9.17, 15) is 14.4 Å². The van der Waals surface area contributed by atoms with Gasteiger partial charge in [-0.25, -0.2) is 4.79 Å². The third-order valence-electron chi connectivity index (χ3n) is 14.2. The molecule has 418 valence electrons. The second kappa shape index (κ2) is 56.9. The van der Waals surface area contributed by atoms with Gasteiger partial charge in [0.1, 0.15) is 12.7 Å². The van der Waals surface area contributed by atoms with Crippen LogP contribution in [-0.4, -0.2) is 91.1 Å². The van der Waals surface area contributed by atoms with Crippen molar-refractivity contribution in [1.29, 1.82) is 0 Å². The predicted molar refractivity (Wildman–Crippen MR) is 303 cm³/mol. The van der Waals surface area contributed by atoms with Gasteiger partial charge in [0.2, 0.25) is 0 Å². The summed E-state index contributed by atoms with van der Waals surface area (Å²) in [6.07, 6.45) is 63.5. The highest BCUT2D eigenvalue weighted by Crippen LogP contribution is 2.20. The van der Waals surface area contributed by atoms with Gasteiger partial charge in [0.15, 0.2) is 0 Å². The summed E-state index contributed by atoms with van der Waals surface area (Å²) in [5.74, 6) is -1.35. The molecule has 0 aromatic heterocycles. The number of carboxylic acids is 2. The second-order valence-corrected chi connectivity index (χ2v) is 21.5. The standard InChI is InChI=1S/C62H118N2O7/c1-4-5-6-49-54-64(56-55-63(2)3)57-58-70-62(69)71-59(50-45-41-37-33-29-25-21-17-13-9-7-11-15-19-23-27-31-35-39-43-47-52-60(65)66)51-46-42-38-34-30-26-22-18-14-10-8-12-16-20-24-28-32-36-40-44-48-53-61(67)68/h19-20,23-24,59H,4-18,21-22,25-58H2,1-3H3,(H,65,66)(H,67,68)/b23-19-,24-20-. The molecule has 0 heterocycles. The number of ether oxygens (including phenoxy) is 2. The summed E-state index contributed by atoms with van der Waals surface area (Å²) in [6.45, 7) is 6.47. The Morgan fingerprint density at radius 2 is 0.718 bits per heavy atom. The monoisotopic (exact) mass is 1000 g/mol. The number of carboxylic acid groups (broad SMARTS) is 2. The fraction of sp³-hybridized carbons (Fsp3) is 0.887. The SMILES string of the molecule is CCCCCCN(CCOC(=O)OC(CCCCCCCCCCCCCC/C=C\CCCCCCCC(=O)O)CCCCCCCCCCCCCC/C=C\CCCCCCCC(=O)O)CCN(C)C. The summed E-state index contributed by atoms with van der Waals surface area (Å²) in [4.78, 5) is 38.8. The molecular weight excluding hydrogens is 885 g/mol. The summed E-state index contributed by atoms with van der Waals surface area (Å²) in [5, 5.41) is 17.4. The van der Waals surface area contributed by atoms with Crippen molar-refractivity contribution in [2.45, 2.75) is 308 Å². The van der Waals surface area contributed by atoms with Crippen molar-refractivity contribution in [1.82, 2.24) is 9.80 Å². The second-order valence-electron chi connectivity index (χ2n) is 21.5. The van der Waals surface area contributed by atoms with Gasteiger partial charge in [0, 0.05) is 32.5 Å². The summed E-state index contributed by atoms with van der Waals surface area (Å²) >= 11 is 0. The third kappa shape index (κ3) is 58.4. The van der Waals surface area contributed by atoms with Gasteiger partial charge < -0.3 is 24.6 Å². The van der Waals surface area contributed by atoms with Crippen molar-refractivity contribution in [3.05, 3.63) is 24.3 Å². The van der Waals surface area contributed by atoms with Crippen molar-refractivity contribution in [3.8, 4) is 0 Å². The van der Waals surface area contributed by atoms with Crippen molar-refractivity contribution in [2.75, 3.05) is 46.9 Å². The van der Waals surface area contributed by atoms with Gasteiger partial charge in [-0.1, -0.05) is 217 Å². The Morgan fingerprint density at radius 3 is 1.06 bits per heavy atom. The maximum Gasteiger partial charge on any atom is 0.508 e. The normalized spacial score (nSPS) is 11.9. The van der Waals surface area contributed by atoms with Gasteiger partial charge >= 0.3 is 18.1 Å². The summed E-state index contributed by atoms with van der Waals surface area (Å²) < 4.78 is 11.7. The van der Waals surface area contributed by atoms with Crippen LogP contribution >= 0.6 is 0 Å². The van der Waals surface area contributed by atoms with E-state index in [1.165, 1.54) is 205 Å². The van der Waals surface area contributed by atoms with Crippen LogP contribution in [0.15, 0.2) is 24.3 Å². The summed E-state index contributed by atoms with van der Waals surface area (Å²) in [5.41, 5.74) is 0. The Kier molecular flexibility index (Phi) is 55.0. The zero-order valence-electron chi connectivity index (χ0n) is 47.3. The van der Waals surface area contributed by atoms with Crippen LogP contribution in [0.4, 0.5) is 4.79 Å². The smallest absolute Gasteiger partial charge is 0.481 e. The molecule has 0 bridgehead atoms. The average Bonchev–Trinajstić information content (AvgIpc) is 3.34. The molecule has 0 rings (SSSR count). The van der Waals surface area contributed by atoms with E-state index in [1.54, 1.807) is 0 Å². The molecule has 0 saturated carbocycles. The molecule has 0 radical (unpaired) electrons. The van der Waals surface area contributed by atoms with Gasteiger partial charge in [-0.3, -0.25) is 14.5 Å². The molecule has 0 aromatic rings. The molecule has 71 heavy (non-hydrogen) atoms. The van der Waals surface area contributed by atoms with Crippen LogP contribution in [0.5, 0.6) is 0 Å². The Morgan fingerprint density at radius 1 is 0.394 bits per heavy atom. The molecular formula is C62H118N2O7. The van der Waals surface area contributed by atoms with Gasteiger partial charge in [0.05, 0.1) is 0 Å². The minimum absolute atomic E-state index is 0.0354. The van der Waals surface area contributed by atoms with E-state index < -0.39 is 18.1 Å². The molecule has 0 aliphatic carbocycles. The summed E-state index contributed by atoms with van der Waals surface area (Å²) in [7, 11) is 4.23. The van der Waals surface area contributed by atoms with Crippen LogP contribution in [0.25, 0.3) is 0 Å². The van der Waals surface area contributed by atoms with Crippen molar-refractivity contribution in [2.24, 2.45) is 0 Å². The first-order chi connectivity index (χ1) is 34.7. The van der Waals surface area contributed by atoms with Crippen LogP contribution in [0, 0.1) is 0 Å². The minimum Gasteiger partial charge on any atom is -0.481 e. The lowest BCUT2D eigenvalue weighted by Gasteiger charge is -2.24. The average molecular weight is 1000 g/mol. The van der Waals surface area contributed by atoms with Crippen molar-refractivity contribution >= 4 is 18.1 Å². The number of carbonyl (C=O) groups is 3. The van der Waals surface area contributed by atoms with E-state index >= 15 is 0 Å². The van der Waals surface area contributed by atoms with E-state index in [0.29, 0.717) is 19.4 Å². The topological polar surface area (TPSA) is 117 Å². The van der Waals surface area contributed by atoms with Crippen LogP contribution in [0.3, 0.4) is 0 Å². The van der Waals surface area contributed by atoms with E-state index in [0.717, 1.165) is 103 Å². The predicted octanol–water partition coefficient (Wildman–Crippen LogP) is 18.6. The van der Waals surface area contributed by atoms with E-state index in [4.69, 9.17) is 19.7 Å². The largest absolute Gasteiger partial charge is 0.508 e. The van der Waals surface area contributed by atoms with Gasteiger partial charge in [-0.15, -0.1) is 0 Å². The van der Waals surface area contributed by atoms with Gasteiger partial charge in [-0.05, 0) is 117 Å². The highest BCUT2D eigenvalue weighted by molar-refractivity contribution is 5.66. The fourth-order valence-corrected chi connectivity index (χ4v) is 9.54. The van der Waals surface area contributed by atoms with Crippen LogP contribution in [0.2, 0.25) is 0 Å². The number of unbranched alkanes of at least 4 members (excludes halogenated alkanes) is 37. The first kappa shape index (κ1) is 68.6. The zero-order valence-corrected chi connectivity index (χ0v) is 47.3. The van der Waals surface area contributed by atoms with Crippen LogP contribution in [0.1, 0.15) is 302 Å². The highest BCUT2D eigenvalue weighted by Gasteiger charge is 2.16.